The van der Waals surface area contributed by atoms with Gasteiger partial charge in [-0.3, -0.25) is 0 Å². The molecule has 1 heteroatoms. The number of hydrogen-bond donors (Lipinski definition) is 0. The largest absolute Gasteiger partial charge is 0.313 e. The first-order chi connectivity index (χ1) is 22.3. The molecule has 8 aromatic rings. The molecular weight excluding hydrogens is 542 g/mol. The van der Waals surface area contributed by atoms with Crippen molar-refractivity contribution in [3.63, 3.8) is 0 Å². The van der Waals surface area contributed by atoms with Gasteiger partial charge in [0, 0.05) is 22.3 Å². The summed E-state index contributed by atoms with van der Waals surface area (Å²) >= 11 is 0. The Morgan fingerprint density at radius 1 is 0.489 bits per heavy atom. The zero-order valence-corrected chi connectivity index (χ0v) is 24.8. The molecule has 0 unspecified atom stereocenters. The van der Waals surface area contributed by atoms with E-state index in [-0.39, 0.29) is 0 Å². The van der Waals surface area contributed by atoms with Crippen LogP contribution < -0.4 is 0 Å². The van der Waals surface area contributed by atoms with Crippen LogP contribution in [0.3, 0.4) is 0 Å². The lowest BCUT2D eigenvalue weighted by Crippen LogP contribution is -2.02. The fourth-order valence-corrected chi connectivity index (χ4v) is 8.09. The van der Waals surface area contributed by atoms with Crippen molar-refractivity contribution in [3.8, 4) is 50.2 Å². The molecule has 0 amide bonds. The minimum absolute atomic E-state index is 1.05. The number of benzene rings is 7. The van der Waals surface area contributed by atoms with Crippen LogP contribution in [0.25, 0.3) is 88.7 Å². The normalized spacial score (nSPS) is 13.1. The molecule has 0 spiro atoms. The summed E-state index contributed by atoms with van der Waals surface area (Å²) in [6.07, 6.45) is 6.80. The van der Waals surface area contributed by atoms with Gasteiger partial charge in [0.25, 0.3) is 0 Å². The summed E-state index contributed by atoms with van der Waals surface area (Å²) in [6.45, 7) is 0. The van der Waals surface area contributed by atoms with E-state index in [9.17, 15) is 0 Å². The molecule has 1 nitrogen and oxygen atoms in total. The molecule has 10 rings (SSSR count). The highest BCUT2D eigenvalue weighted by Gasteiger charge is 2.29. The maximum absolute atomic E-state index is 2.48. The van der Waals surface area contributed by atoms with Crippen molar-refractivity contribution in [3.05, 3.63) is 157 Å². The Bertz CT molecular complexity index is 2510. The van der Waals surface area contributed by atoms with Crippen molar-refractivity contribution in [2.45, 2.75) is 12.8 Å². The molecule has 0 saturated carbocycles. The molecule has 1 heterocycles. The molecule has 0 bridgehead atoms. The third-order valence-electron chi connectivity index (χ3n) is 9.98. The van der Waals surface area contributed by atoms with E-state index in [4.69, 9.17) is 0 Å². The lowest BCUT2D eigenvalue weighted by molar-refractivity contribution is 0.888. The van der Waals surface area contributed by atoms with E-state index in [1.165, 1.54) is 93.9 Å². The lowest BCUT2D eigenvalue weighted by atomic mass is 9.87. The molecule has 1 aromatic heterocycles. The second kappa shape index (κ2) is 9.42. The summed E-state index contributed by atoms with van der Waals surface area (Å²) in [6, 6.07) is 51.7. The highest BCUT2D eigenvalue weighted by molar-refractivity contribution is 6.26. The Hall–Kier alpha value is -5.66. The number of para-hydroxylation sites is 1. The second-order valence-corrected chi connectivity index (χ2v) is 12.4. The minimum Gasteiger partial charge on any atom is -0.313 e. The second-order valence-electron chi connectivity index (χ2n) is 12.4. The maximum atomic E-state index is 2.48. The van der Waals surface area contributed by atoms with Gasteiger partial charge in [-0.2, -0.15) is 0 Å². The van der Waals surface area contributed by atoms with Gasteiger partial charge in [-0.25, -0.2) is 0 Å². The number of fused-ring (bicyclic) bond motifs is 8. The van der Waals surface area contributed by atoms with Gasteiger partial charge >= 0.3 is 0 Å². The molecule has 0 N–H and O–H groups in total. The third kappa shape index (κ3) is 3.50. The van der Waals surface area contributed by atoms with Crippen LogP contribution in [0.5, 0.6) is 0 Å². The molecule has 0 atom stereocenters. The van der Waals surface area contributed by atoms with Gasteiger partial charge < -0.3 is 4.57 Å². The van der Waals surface area contributed by atoms with Gasteiger partial charge in [0.05, 0.1) is 5.52 Å². The first-order valence-corrected chi connectivity index (χ1v) is 15.9. The summed E-state index contributed by atoms with van der Waals surface area (Å²) in [7, 11) is 0. The Balaban J connectivity index is 1.28. The Morgan fingerprint density at radius 3 is 2.09 bits per heavy atom. The van der Waals surface area contributed by atoms with Crippen LogP contribution in [0.2, 0.25) is 0 Å². The quantitative estimate of drug-likeness (QED) is 0.186. The van der Waals surface area contributed by atoms with E-state index < -0.39 is 0 Å². The van der Waals surface area contributed by atoms with Crippen molar-refractivity contribution < 1.29 is 0 Å². The van der Waals surface area contributed by atoms with E-state index in [2.05, 4.69) is 156 Å². The summed E-state index contributed by atoms with van der Waals surface area (Å²) in [5.41, 5.74) is 15.7. The number of nitrogens with zero attached hydrogens (tertiary/aromatic N) is 1. The van der Waals surface area contributed by atoms with Crippen LogP contribution in [0.1, 0.15) is 17.7 Å². The molecule has 2 aliphatic carbocycles. The van der Waals surface area contributed by atoms with Crippen molar-refractivity contribution >= 4 is 38.5 Å². The Labute approximate surface area is 262 Å². The lowest BCUT2D eigenvalue weighted by Gasteiger charge is -2.16. The van der Waals surface area contributed by atoms with Crippen LogP contribution in [-0.2, 0) is 6.42 Å². The van der Waals surface area contributed by atoms with E-state index in [1.807, 2.05) is 0 Å². The molecule has 45 heavy (non-hydrogen) atoms. The summed E-state index contributed by atoms with van der Waals surface area (Å²) in [5.74, 6) is 0. The number of hydrogen-bond acceptors (Lipinski definition) is 0. The standard InChI is InChI=1S/C44H29N/c1-3-12-28(13-4-1)33-23-24-34(43-37-20-11-19-36-32-17-8-7-14-29(32)27-39(42(36)37)44(33)43)30-22-25-41-38(26-30)35-18-9-10-21-40(35)45(41)31-15-5-2-6-16-31/h1-9,11-20,22-27H,10,21H2. The minimum atomic E-state index is 1.05. The fraction of sp³-hybridized carbons (Fsp3) is 0.0455. The fourth-order valence-electron chi connectivity index (χ4n) is 8.09. The predicted molar refractivity (Wildman–Crippen MR) is 191 cm³/mol. The molecule has 0 fully saturated rings. The van der Waals surface area contributed by atoms with Crippen molar-refractivity contribution in [1.29, 1.82) is 0 Å². The summed E-state index contributed by atoms with van der Waals surface area (Å²) < 4.78 is 2.48. The number of aromatic nitrogens is 1. The van der Waals surface area contributed by atoms with Gasteiger partial charge in [-0.1, -0.05) is 121 Å². The highest BCUT2D eigenvalue weighted by Crippen LogP contribution is 2.56. The topological polar surface area (TPSA) is 4.93 Å². The average Bonchev–Trinajstić information content (AvgIpc) is 3.62. The monoisotopic (exact) mass is 571 g/mol. The Morgan fingerprint density at radius 2 is 1.22 bits per heavy atom. The predicted octanol–water partition coefficient (Wildman–Crippen LogP) is 11.9. The number of allylic oxidation sites excluding steroid dienone is 1. The van der Waals surface area contributed by atoms with Crippen LogP contribution in [0, 0.1) is 0 Å². The molecule has 0 aliphatic heterocycles. The molecule has 2 aliphatic rings. The molecule has 7 aromatic carbocycles. The van der Waals surface area contributed by atoms with Crippen molar-refractivity contribution in [1.82, 2.24) is 4.57 Å². The zero-order valence-electron chi connectivity index (χ0n) is 24.8. The van der Waals surface area contributed by atoms with Crippen molar-refractivity contribution in [2.24, 2.45) is 0 Å². The third-order valence-corrected chi connectivity index (χ3v) is 9.98. The summed E-state index contributed by atoms with van der Waals surface area (Å²) in [5, 5.41) is 6.62. The number of rotatable bonds is 3. The molecule has 0 saturated heterocycles. The van der Waals surface area contributed by atoms with E-state index in [1.54, 1.807) is 0 Å². The maximum Gasteiger partial charge on any atom is 0.0538 e. The van der Waals surface area contributed by atoms with E-state index >= 15 is 0 Å². The Kier molecular flexibility index (Phi) is 5.18. The van der Waals surface area contributed by atoms with Crippen LogP contribution in [0.4, 0.5) is 0 Å². The van der Waals surface area contributed by atoms with Gasteiger partial charge in [0.2, 0.25) is 0 Å². The molecule has 0 radical (unpaired) electrons. The molecule has 210 valence electrons. The van der Waals surface area contributed by atoms with Crippen LogP contribution in [0.15, 0.2) is 146 Å². The first kappa shape index (κ1) is 24.7. The van der Waals surface area contributed by atoms with Gasteiger partial charge in [-0.05, 0) is 109 Å². The van der Waals surface area contributed by atoms with Crippen LogP contribution in [-0.4, -0.2) is 4.57 Å². The van der Waals surface area contributed by atoms with Gasteiger partial charge in [0.15, 0.2) is 0 Å². The summed E-state index contributed by atoms with van der Waals surface area (Å²) in [4.78, 5) is 0. The average molecular weight is 572 g/mol. The van der Waals surface area contributed by atoms with Crippen LogP contribution >= 0.6 is 0 Å². The zero-order chi connectivity index (χ0) is 29.5. The van der Waals surface area contributed by atoms with Gasteiger partial charge in [-0.15, -0.1) is 0 Å². The smallest absolute Gasteiger partial charge is 0.0538 e. The first-order valence-electron chi connectivity index (χ1n) is 15.9. The highest BCUT2D eigenvalue weighted by atomic mass is 15.0. The van der Waals surface area contributed by atoms with Gasteiger partial charge in [0.1, 0.15) is 0 Å². The SMILES string of the molecule is C1=Cc2c(n(-c3ccccc3)c3ccc(-c4ccc(-c5ccccc5)c5c4-c4cccc6c4c-5cc4ccccc46)cc23)CC1. The van der Waals surface area contributed by atoms with Crippen molar-refractivity contribution in [2.75, 3.05) is 0 Å². The van der Waals surface area contributed by atoms with E-state index in [0.29, 0.717) is 0 Å². The molecular formula is C44H29N. The van der Waals surface area contributed by atoms with E-state index in [0.717, 1.165) is 12.8 Å².